The molecule has 2 amide bonds. The van der Waals surface area contributed by atoms with Crippen molar-refractivity contribution in [1.29, 1.82) is 0 Å². The lowest BCUT2D eigenvalue weighted by molar-refractivity contribution is -0.110. The highest BCUT2D eigenvalue weighted by molar-refractivity contribution is 7.99. The van der Waals surface area contributed by atoms with Crippen molar-refractivity contribution in [3.8, 4) is 0 Å². The number of benzene rings is 1. The average Bonchev–Trinajstić information content (AvgIpc) is 3.26. The number of likely N-dealkylation sites (N-methyl/N-ethyl adjacent to an activating group) is 1. The van der Waals surface area contributed by atoms with Crippen LogP contribution in [0.3, 0.4) is 0 Å². The molecule has 2 aliphatic rings. The Morgan fingerprint density at radius 2 is 1.94 bits per heavy atom. The molecule has 1 fully saturated rings. The second-order valence-corrected chi connectivity index (χ2v) is 9.51. The molecule has 0 spiro atoms. The molecule has 0 bridgehead atoms. The van der Waals surface area contributed by atoms with Gasteiger partial charge >= 0.3 is 0 Å². The number of piperazine rings is 1. The van der Waals surface area contributed by atoms with Crippen LogP contribution >= 0.6 is 11.8 Å². The quantitative estimate of drug-likeness (QED) is 0.380. The third kappa shape index (κ3) is 4.91. The van der Waals surface area contributed by atoms with E-state index < -0.39 is 6.67 Å². The largest absolute Gasteiger partial charge is 0.358 e. The van der Waals surface area contributed by atoms with E-state index in [0.717, 1.165) is 46.2 Å². The van der Waals surface area contributed by atoms with Crippen molar-refractivity contribution in [2.24, 2.45) is 0 Å². The molecule has 2 aromatic rings. The molecule has 2 N–H and O–H groups in total. The monoisotopic (exact) mass is 468 g/mol. The minimum atomic E-state index is -0.468. The highest BCUT2D eigenvalue weighted by Gasteiger charge is 2.28. The summed E-state index contributed by atoms with van der Waals surface area (Å²) < 4.78 is 12.3. The van der Waals surface area contributed by atoms with Crippen molar-refractivity contribution in [2.75, 3.05) is 51.0 Å². The Bertz CT molecular complexity index is 1130. The summed E-state index contributed by atoms with van der Waals surface area (Å²) in [4.78, 5) is 34.4. The zero-order valence-corrected chi connectivity index (χ0v) is 20.0. The molecule has 6 nitrogen and oxygen atoms in total. The van der Waals surface area contributed by atoms with Gasteiger partial charge in [-0.2, -0.15) is 0 Å². The normalized spacial score (nSPS) is 17.8. The van der Waals surface area contributed by atoms with Crippen molar-refractivity contribution in [1.82, 2.24) is 14.8 Å². The number of hydrogen-bond donors (Lipinski definition) is 2. The molecule has 4 rings (SSSR count). The lowest BCUT2D eigenvalue weighted by atomic mass is 10.0. The fourth-order valence-corrected chi connectivity index (χ4v) is 5.02. The van der Waals surface area contributed by atoms with Crippen LogP contribution in [0.25, 0.3) is 11.6 Å². The summed E-state index contributed by atoms with van der Waals surface area (Å²) in [5.41, 5.74) is 5.29. The highest BCUT2D eigenvalue weighted by atomic mass is 32.2. The molecule has 0 saturated carbocycles. The van der Waals surface area contributed by atoms with Crippen molar-refractivity contribution < 1.29 is 14.0 Å². The Labute approximate surface area is 197 Å². The van der Waals surface area contributed by atoms with Crippen molar-refractivity contribution in [3.05, 3.63) is 58.4 Å². The number of H-pyrrole nitrogens is 1. The number of amides is 2. The van der Waals surface area contributed by atoms with Gasteiger partial charge in [-0.1, -0.05) is 12.2 Å². The van der Waals surface area contributed by atoms with Gasteiger partial charge < -0.3 is 20.1 Å². The van der Waals surface area contributed by atoms with E-state index in [1.165, 1.54) is 6.08 Å². The molecule has 1 saturated heterocycles. The second-order valence-electron chi connectivity index (χ2n) is 8.42. The number of alkyl halides is 1. The van der Waals surface area contributed by atoms with Gasteiger partial charge in [0.25, 0.3) is 11.8 Å². The predicted octanol–water partition coefficient (Wildman–Crippen LogP) is 4.13. The van der Waals surface area contributed by atoms with Gasteiger partial charge in [-0.15, -0.1) is 11.8 Å². The minimum absolute atomic E-state index is 0.0373. The minimum Gasteiger partial charge on any atom is -0.358 e. The average molecular weight is 469 g/mol. The number of aromatic nitrogens is 1. The smallest absolute Gasteiger partial charge is 0.256 e. The van der Waals surface area contributed by atoms with Crippen molar-refractivity contribution in [2.45, 2.75) is 18.7 Å². The Hall–Kier alpha value is -2.84. The number of rotatable bonds is 6. The molecule has 174 valence electrons. The van der Waals surface area contributed by atoms with Crippen LogP contribution in [-0.2, 0) is 4.79 Å². The zero-order chi connectivity index (χ0) is 23.5. The maximum absolute atomic E-state index is 13.2. The maximum Gasteiger partial charge on any atom is 0.256 e. The number of anilines is 1. The fourth-order valence-electron chi connectivity index (χ4n) is 4.23. The summed E-state index contributed by atoms with van der Waals surface area (Å²) in [5, 5.41) is 2.92. The summed E-state index contributed by atoms with van der Waals surface area (Å²) in [6.45, 7) is 6.53. The summed E-state index contributed by atoms with van der Waals surface area (Å²) in [5.74, 6) is 0.536. The predicted molar refractivity (Wildman–Crippen MR) is 132 cm³/mol. The maximum atomic E-state index is 13.2. The molecular formula is C25H29FN4O2S. The van der Waals surface area contributed by atoms with E-state index >= 15 is 0 Å². The molecule has 0 atom stereocenters. The first-order chi connectivity index (χ1) is 15.9. The third-order valence-corrected chi connectivity index (χ3v) is 7.09. The van der Waals surface area contributed by atoms with Crippen LogP contribution in [0.4, 0.5) is 10.1 Å². The number of aromatic amines is 1. The number of fused-ring (bicyclic) bond motifs is 1. The molecule has 8 heteroatoms. The van der Waals surface area contributed by atoms with E-state index in [1.54, 1.807) is 17.8 Å². The number of halogens is 1. The first kappa shape index (κ1) is 23.3. The van der Waals surface area contributed by atoms with E-state index in [2.05, 4.69) is 22.2 Å². The number of aryl methyl sites for hydroxylation is 1. The molecule has 1 aromatic carbocycles. The van der Waals surface area contributed by atoms with Crippen LogP contribution in [0, 0.1) is 13.8 Å². The van der Waals surface area contributed by atoms with E-state index in [9.17, 15) is 14.0 Å². The number of thioether (sulfide) groups is 1. The van der Waals surface area contributed by atoms with Crippen LogP contribution in [0.5, 0.6) is 0 Å². The van der Waals surface area contributed by atoms with Crippen LogP contribution in [-0.4, -0.2) is 72.3 Å². The van der Waals surface area contributed by atoms with Gasteiger partial charge in [0.2, 0.25) is 0 Å². The van der Waals surface area contributed by atoms with Crippen molar-refractivity contribution >= 4 is 40.9 Å². The zero-order valence-electron chi connectivity index (χ0n) is 19.2. The number of carbonyl (C=O) groups excluding carboxylic acids is 2. The topological polar surface area (TPSA) is 68.4 Å². The highest BCUT2D eigenvalue weighted by Crippen LogP contribution is 2.36. The van der Waals surface area contributed by atoms with Gasteiger partial charge in [0.15, 0.2) is 0 Å². The summed E-state index contributed by atoms with van der Waals surface area (Å²) in [6, 6.07) is 5.83. The lowest BCUT2D eigenvalue weighted by Gasteiger charge is -2.32. The number of allylic oxidation sites excluding steroid dienone is 1. The van der Waals surface area contributed by atoms with E-state index in [-0.39, 0.29) is 11.8 Å². The van der Waals surface area contributed by atoms with Gasteiger partial charge in [0.05, 0.1) is 11.1 Å². The Balaban J connectivity index is 1.61. The molecule has 3 heterocycles. The second kappa shape index (κ2) is 9.97. The Kier molecular flexibility index (Phi) is 7.05. The first-order valence-electron chi connectivity index (χ1n) is 11.1. The van der Waals surface area contributed by atoms with Crippen LogP contribution < -0.4 is 5.32 Å². The van der Waals surface area contributed by atoms with Gasteiger partial charge in [-0.05, 0) is 50.7 Å². The van der Waals surface area contributed by atoms with E-state index in [1.807, 2.05) is 43.0 Å². The van der Waals surface area contributed by atoms with Crippen LogP contribution in [0.2, 0.25) is 0 Å². The van der Waals surface area contributed by atoms with Gasteiger partial charge in [0.1, 0.15) is 6.67 Å². The molecule has 0 unspecified atom stereocenters. The fraction of sp³-hybridized carbons (Fsp3) is 0.360. The number of carbonyl (C=O) groups is 2. The Morgan fingerprint density at radius 3 is 2.67 bits per heavy atom. The molecule has 2 aliphatic heterocycles. The van der Waals surface area contributed by atoms with E-state index in [4.69, 9.17) is 0 Å². The first-order valence-corrected chi connectivity index (χ1v) is 12.1. The molecule has 1 aromatic heterocycles. The van der Waals surface area contributed by atoms with Gasteiger partial charge in [-0.25, -0.2) is 4.39 Å². The lowest BCUT2D eigenvalue weighted by Crippen LogP contribution is -2.47. The van der Waals surface area contributed by atoms with Crippen LogP contribution in [0.1, 0.15) is 32.9 Å². The molecular weight excluding hydrogens is 439 g/mol. The summed E-state index contributed by atoms with van der Waals surface area (Å²) in [7, 11) is 2.06. The molecule has 0 aliphatic carbocycles. The van der Waals surface area contributed by atoms with Gasteiger partial charge in [-0.3, -0.25) is 9.59 Å². The number of nitrogens with one attached hydrogen (secondary N) is 2. The van der Waals surface area contributed by atoms with Gasteiger partial charge in [0, 0.05) is 59.5 Å². The van der Waals surface area contributed by atoms with Crippen molar-refractivity contribution in [3.63, 3.8) is 0 Å². The summed E-state index contributed by atoms with van der Waals surface area (Å²) in [6.07, 6.45) is 5.12. The number of nitrogens with zero attached hydrogens (tertiary/aromatic N) is 2. The summed E-state index contributed by atoms with van der Waals surface area (Å²) >= 11 is 1.58. The molecule has 33 heavy (non-hydrogen) atoms. The SMILES string of the molecule is Cc1[nH]c(/C=C2\C(=O)Nc3ccc(SC/C=C/CF)cc32)c(C)c1C(=O)N1CCN(C)CC1. The number of hydrogen-bond acceptors (Lipinski definition) is 4. The Morgan fingerprint density at radius 1 is 1.18 bits per heavy atom. The van der Waals surface area contributed by atoms with Crippen LogP contribution in [0.15, 0.2) is 35.2 Å². The molecule has 0 radical (unpaired) electrons. The standard InChI is InChI=1S/C25H29FN4O2S/c1-16-22(27-17(2)23(16)25(32)30-11-9-29(3)10-12-30)15-20-19-14-18(33-13-5-4-8-26)6-7-21(19)28-24(20)31/h4-7,14-15,27H,8-13H2,1-3H3,(H,28,31)/b5-4+,20-15-. The van der Waals surface area contributed by atoms with E-state index in [0.29, 0.717) is 30.0 Å². The third-order valence-electron chi connectivity index (χ3n) is 6.15.